The van der Waals surface area contributed by atoms with Crippen LogP contribution >= 0.6 is 0 Å². The summed E-state index contributed by atoms with van der Waals surface area (Å²) in [5, 5.41) is 0. The van der Waals surface area contributed by atoms with Gasteiger partial charge < -0.3 is 14.2 Å². The molecule has 2 atom stereocenters. The highest BCUT2D eigenvalue weighted by Gasteiger charge is 2.28. The molecule has 1 rings (SSSR count). The summed E-state index contributed by atoms with van der Waals surface area (Å²) in [5.41, 5.74) is -0.713. The predicted molar refractivity (Wildman–Crippen MR) is 155 cm³/mol. The quantitative estimate of drug-likeness (QED) is 0.0392. The molecular formula is C33H55F5O3. The molecule has 0 heterocycles. The molecule has 0 bridgehead atoms. The minimum absolute atomic E-state index is 0.00484. The first kappa shape index (κ1) is 37.8. The number of hydrogen-bond donors (Lipinski definition) is 0. The van der Waals surface area contributed by atoms with Crippen LogP contribution in [-0.2, 0) is 14.2 Å². The van der Waals surface area contributed by atoms with Gasteiger partial charge in [-0.05, 0) is 52.9 Å². The SMILES string of the molecule is CCCCCCCCCC(CCCCCCCCC(C)c1c(F)c(F)c(F)c(F)c1F)OC(OC(C)C)OC(C)C. The van der Waals surface area contributed by atoms with Crippen LogP contribution in [0.3, 0.4) is 0 Å². The van der Waals surface area contributed by atoms with Crippen LogP contribution in [-0.4, -0.2) is 24.8 Å². The Balaban J connectivity index is 2.45. The number of hydrogen-bond acceptors (Lipinski definition) is 3. The summed E-state index contributed by atoms with van der Waals surface area (Å²) in [7, 11) is 0. The summed E-state index contributed by atoms with van der Waals surface area (Å²) in [5.74, 6) is -10.1. The van der Waals surface area contributed by atoms with Crippen molar-refractivity contribution in [2.45, 2.75) is 175 Å². The minimum Gasteiger partial charge on any atom is -0.327 e. The molecule has 0 radical (unpaired) electrons. The zero-order chi connectivity index (χ0) is 30.8. The topological polar surface area (TPSA) is 27.7 Å². The van der Waals surface area contributed by atoms with Gasteiger partial charge in [0.2, 0.25) is 5.82 Å². The van der Waals surface area contributed by atoms with E-state index in [9.17, 15) is 22.0 Å². The van der Waals surface area contributed by atoms with Crippen molar-refractivity contribution < 1.29 is 36.2 Å². The van der Waals surface area contributed by atoms with E-state index in [4.69, 9.17) is 14.2 Å². The highest BCUT2D eigenvalue weighted by molar-refractivity contribution is 5.27. The molecule has 240 valence electrons. The molecule has 0 amide bonds. The van der Waals surface area contributed by atoms with Crippen LogP contribution in [0.2, 0.25) is 0 Å². The highest BCUT2D eigenvalue weighted by Crippen LogP contribution is 2.31. The first-order valence-corrected chi connectivity index (χ1v) is 16.0. The Morgan fingerprint density at radius 1 is 0.463 bits per heavy atom. The van der Waals surface area contributed by atoms with Crippen LogP contribution in [0.25, 0.3) is 0 Å². The monoisotopic (exact) mass is 594 g/mol. The Labute approximate surface area is 245 Å². The van der Waals surface area contributed by atoms with Gasteiger partial charge in [-0.2, -0.15) is 0 Å². The van der Waals surface area contributed by atoms with E-state index < -0.39 is 47.0 Å². The highest BCUT2D eigenvalue weighted by atomic mass is 19.2. The van der Waals surface area contributed by atoms with E-state index in [-0.39, 0.29) is 18.3 Å². The van der Waals surface area contributed by atoms with Crippen LogP contribution < -0.4 is 0 Å². The lowest BCUT2D eigenvalue weighted by molar-refractivity contribution is -0.327. The van der Waals surface area contributed by atoms with Gasteiger partial charge in [0.1, 0.15) is 0 Å². The summed E-state index contributed by atoms with van der Waals surface area (Å²) in [4.78, 5) is 0. The third-order valence-corrected chi connectivity index (χ3v) is 7.35. The molecule has 0 saturated heterocycles. The van der Waals surface area contributed by atoms with E-state index in [1.165, 1.54) is 45.4 Å². The van der Waals surface area contributed by atoms with Crippen molar-refractivity contribution in [1.82, 2.24) is 0 Å². The Bertz CT molecular complexity index is 795. The number of ether oxygens (including phenoxy) is 3. The maximum Gasteiger partial charge on any atom is 0.272 e. The molecule has 1 aromatic carbocycles. The lowest BCUT2D eigenvalue weighted by atomic mass is 9.93. The molecule has 0 aromatic heterocycles. The fourth-order valence-electron chi connectivity index (χ4n) is 5.04. The van der Waals surface area contributed by atoms with Gasteiger partial charge in [-0.15, -0.1) is 0 Å². The molecule has 0 aliphatic carbocycles. The van der Waals surface area contributed by atoms with Crippen LogP contribution in [0.15, 0.2) is 0 Å². The Morgan fingerprint density at radius 3 is 1.24 bits per heavy atom. The first-order valence-electron chi connectivity index (χ1n) is 16.0. The van der Waals surface area contributed by atoms with Gasteiger partial charge in [0.25, 0.3) is 6.48 Å². The average Bonchev–Trinajstić information content (AvgIpc) is 2.90. The summed E-state index contributed by atoms with van der Waals surface area (Å²) in [6, 6.07) is 0. The lowest BCUT2D eigenvalue weighted by Crippen LogP contribution is -2.31. The van der Waals surface area contributed by atoms with E-state index in [2.05, 4.69) is 6.92 Å². The molecule has 8 heteroatoms. The molecule has 0 N–H and O–H groups in total. The second kappa shape index (κ2) is 21.4. The lowest BCUT2D eigenvalue weighted by Gasteiger charge is -2.27. The van der Waals surface area contributed by atoms with Crippen LogP contribution in [0, 0.1) is 29.1 Å². The molecule has 1 aromatic rings. The average molecular weight is 595 g/mol. The van der Waals surface area contributed by atoms with E-state index in [1.807, 2.05) is 27.7 Å². The molecular weight excluding hydrogens is 539 g/mol. The fourth-order valence-corrected chi connectivity index (χ4v) is 5.04. The van der Waals surface area contributed by atoms with Crippen LogP contribution in [0.1, 0.15) is 156 Å². The maximum atomic E-state index is 14.1. The zero-order valence-corrected chi connectivity index (χ0v) is 26.3. The second-order valence-corrected chi connectivity index (χ2v) is 11.9. The van der Waals surface area contributed by atoms with Gasteiger partial charge in [0.05, 0.1) is 18.3 Å². The number of halogens is 5. The van der Waals surface area contributed by atoms with Crippen molar-refractivity contribution in [3.05, 3.63) is 34.6 Å². The van der Waals surface area contributed by atoms with E-state index in [0.717, 1.165) is 51.4 Å². The van der Waals surface area contributed by atoms with E-state index >= 15 is 0 Å². The van der Waals surface area contributed by atoms with Crippen molar-refractivity contribution in [1.29, 1.82) is 0 Å². The van der Waals surface area contributed by atoms with Crippen molar-refractivity contribution >= 4 is 0 Å². The predicted octanol–water partition coefficient (Wildman–Crippen LogP) is 11.3. The Hall–Kier alpha value is -1.25. The third-order valence-electron chi connectivity index (χ3n) is 7.35. The van der Waals surface area contributed by atoms with Gasteiger partial charge in [0.15, 0.2) is 23.3 Å². The molecule has 41 heavy (non-hydrogen) atoms. The standard InChI is InChI=1S/C33H55F5O3/c1-7-8-9-10-11-15-18-21-26(41-33(39-23(2)3)40-24(4)5)22-19-16-13-12-14-17-20-25(6)27-28(34)30(36)32(38)31(37)29(27)35/h23-26,33H,7-22H2,1-6H3. The molecule has 2 unspecified atom stereocenters. The van der Waals surface area contributed by atoms with Gasteiger partial charge in [-0.1, -0.05) is 97.3 Å². The minimum atomic E-state index is -2.11. The Morgan fingerprint density at radius 2 is 0.829 bits per heavy atom. The summed E-state index contributed by atoms with van der Waals surface area (Å²) >= 11 is 0. The molecule has 0 aliphatic heterocycles. The summed E-state index contributed by atoms with van der Waals surface area (Å²) in [6.45, 7) is 10.9. The smallest absolute Gasteiger partial charge is 0.272 e. The van der Waals surface area contributed by atoms with Crippen molar-refractivity contribution in [2.75, 3.05) is 0 Å². The van der Waals surface area contributed by atoms with Gasteiger partial charge in [0, 0.05) is 5.56 Å². The van der Waals surface area contributed by atoms with Crippen molar-refractivity contribution in [3.8, 4) is 0 Å². The molecule has 3 nitrogen and oxygen atoms in total. The fraction of sp³-hybridized carbons (Fsp3) is 0.818. The number of benzene rings is 1. The first-order chi connectivity index (χ1) is 19.5. The van der Waals surface area contributed by atoms with E-state index in [0.29, 0.717) is 12.8 Å². The van der Waals surface area contributed by atoms with Gasteiger partial charge in [-0.25, -0.2) is 22.0 Å². The summed E-state index contributed by atoms with van der Waals surface area (Å²) < 4.78 is 86.5. The maximum absolute atomic E-state index is 14.1. The Kier molecular flexibility index (Phi) is 19.8. The van der Waals surface area contributed by atoms with Gasteiger partial charge >= 0.3 is 0 Å². The molecule has 0 saturated carbocycles. The van der Waals surface area contributed by atoms with Crippen molar-refractivity contribution in [2.24, 2.45) is 0 Å². The van der Waals surface area contributed by atoms with E-state index in [1.54, 1.807) is 0 Å². The summed E-state index contributed by atoms with van der Waals surface area (Å²) in [6.07, 6.45) is 16.5. The third kappa shape index (κ3) is 15.2. The number of rotatable bonds is 24. The normalized spacial score (nSPS) is 13.6. The van der Waals surface area contributed by atoms with Crippen molar-refractivity contribution in [3.63, 3.8) is 0 Å². The van der Waals surface area contributed by atoms with Crippen LogP contribution in [0.5, 0.6) is 0 Å². The molecule has 0 spiro atoms. The number of unbranched alkanes of at least 4 members (excludes halogenated alkanes) is 11. The zero-order valence-electron chi connectivity index (χ0n) is 26.3. The second-order valence-electron chi connectivity index (χ2n) is 11.9. The van der Waals surface area contributed by atoms with Crippen LogP contribution in [0.4, 0.5) is 22.0 Å². The molecule has 0 fully saturated rings. The molecule has 0 aliphatic rings. The van der Waals surface area contributed by atoms with Gasteiger partial charge in [-0.3, -0.25) is 0 Å². The largest absolute Gasteiger partial charge is 0.327 e.